The van der Waals surface area contributed by atoms with Crippen molar-refractivity contribution in [1.82, 2.24) is 14.9 Å². The first-order chi connectivity index (χ1) is 8.48. The Morgan fingerprint density at radius 3 is 2.61 bits per heavy atom. The van der Waals surface area contributed by atoms with Crippen molar-refractivity contribution in [3.8, 4) is 0 Å². The highest BCUT2D eigenvalue weighted by molar-refractivity contribution is 7.05. The van der Waals surface area contributed by atoms with E-state index in [0.717, 1.165) is 17.0 Å². The van der Waals surface area contributed by atoms with Crippen molar-refractivity contribution < 1.29 is 13.2 Å². The fraction of sp³-hybridized carbons (Fsp3) is 0.818. The summed E-state index contributed by atoms with van der Waals surface area (Å²) in [4.78, 5) is 0.843. The number of hydrogen-bond acceptors (Lipinski definition) is 4. The predicted molar refractivity (Wildman–Crippen MR) is 65.6 cm³/mol. The summed E-state index contributed by atoms with van der Waals surface area (Å²) in [5, 5.41) is 7.10. The molecule has 0 spiro atoms. The van der Waals surface area contributed by atoms with Crippen LogP contribution >= 0.6 is 11.5 Å². The quantitative estimate of drug-likeness (QED) is 0.831. The first kappa shape index (κ1) is 15.4. The summed E-state index contributed by atoms with van der Waals surface area (Å²) < 4.78 is 40.8. The fourth-order valence-electron chi connectivity index (χ4n) is 1.68. The van der Waals surface area contributed by atoms with Gasteiger partial charge in [-0.3, -0.25) is 0 Å². The minimum Gasteiger partial charge on any atom is -0.309 e. The predicted octanol–water partition coefficient (Wildman–Crippen LogP) is 3.48. The zero-order chi connectivity index (χ0) is 13.6. The zero-order valence-electron chi connectivity index (χ0n) is 10.5. The van der Waals surface area contributed by atoms with Crippen molar-refractivity contribution in [2.24, 2.45) is 0 Å². The Balaban J connectivity index is 2.71. The van der Waals surface area contributed by atoms with Crippen LogP contribution in [0.2, 0.25) is 0 Å². The average Bonchev–Trinajstić information content (AvgIpc) is 2.76. The van der Waals surface area contributed by atoms with Gasteiger partial charge >= 0.3 is 6.18 Å². The number of aryl methyl sites for hydroxylation is 1. The number of hydrogen-bond donors (Lipinski definition) is 1. The third-order valence-electron chi connectivity index (χ3n) is 2.59. The molecule has 1 aromatic heterocycles. The number of rotatable bonds is 7. The highest BCUT2D eigenvalue weighted by Crippen LogP contribution is 2.30. The standard InChI is InChI=1S/C11H18F3N3S/c1-3-7-15-9(5-6-11(12,13)14)10-8(4-2)16-17-18-10/h9,15H,3-7H2,1-2H3. The van der Waals surface area contributed by atoms with Crippen LogP contribution in [0.5, 0.6) is 0 Å². The second-order valence-electron chi connectivity index (χ2n) is 4.10. The first-order valence-electron chi connectivity index (χ1n) is 6.09. The molecule has 1 aromatic rings. The maximum atomic E-state index is 12.3. The van der Waals surface area contributed by atoms with Crippen LogP contribution < -0.4 is 5.32 Å². The molecule has 1 unspecified atom stereocenters. The van der Waals surface area contributed by atoms with Crippen LogP contribution in [0.1, 0.15) is 49.7 Å². The van der Waals surface area contributed by atoms with Gasteiger partial charge in [0.25, 0.3) is 0 Å². The topological polar surface area (TPSA) is 37.8 Å². The number of halogens is 3. The molecule has 104 valence electrons. The van der Waals surface area contributed by atoms with Crippen molar-refractivity contribution in [2.75, 3.05) is 6.54 Å². The summed E-state index contributed by atoms with van der Waals surface area (Å²) in [6, 6.07) is -0.290. The van der Waals surface area contributed by atoms with E-state index in [1.165, 1.54) is 11.5 Å². The lowest BCUT2D eigenvalue weighted by atomic mass is 10.1. The lowest BCUT2D eigenvalue weighted by Crippen LogP contribution is -2.24. The Hall–Kier alpha value is -0.690. The van der Waals surface area contributed by atoms with Gasteiger partial charge in [0, 0.05) is 12.5 Å². The molecule has 1 N–H and O–H groups in total. The molecule has 0 radical (unpaired) electrons. The third-order valence-corrected chi connectivity index (χ3v) is 3.47. The van der Waals surface area contributed by atoms with Gasteiger partial charge in [-0.1, -0.05) is 18.3 Å². The van der Waals surface area contributed by atoms with E-state index in [0.29, 0.717) is 13.0 Å². The maximum Gasteiger partial charge on any atom is 0.389 e. The molecule has 0 amide bonds. The first-order valence-corrected chi connectivity index (χ1v) is 6.86. The monoisotopic (exact) mass is 281 g/mol. The van der Waals surface area contributed by atoms with Gasteiger partial charge in [0.05, 0.1) is 10.6 Å². The average molecular weight is 281 g/mol. The highest BCUT2D eigenvalue weighted by Gasteiger charge is 2.29. The highest BCUT2D eigenvalue weighted by atomic mass is 32.1. The molecule has 1 heterocycles. The van der Waals surface area contributed by atoms with Gasteiger partial charge in [-0.2, -0.15) is 13.2 Å². The van der Waals surface area contributed by atoms with Crippen LogP contribution in [0.3, 0.4) is 0 Å². The molecular formula is C11H18F3N3S. The SMILES string of the molecule is CCCNC(CCC(F)(F)F)c1snnc1CC. The Morgan fingerprint density at radius 1 is 1.33 bits per heavy atom. The van der Waals surface area contributed by atoms with E-state index >= 15 is 0 Å². The largest absolute Gasteiger partial charge is 0.389 e. The molecule has 0 fully saturated rings. The summed E-state index contributed by atoms with van der Waals surface area (Å²) in [6.07, 6.45) is -3.27. The molecule has 1 atom stereocenters. The van der Waals surface area contributed by atoms with Crippen molar-refractivity contribution >= 4 is 11.5 Å². The van der Waals surface area contributed by atoms with Crippen molar-refractivity contribution in [3.05, 3.63) is 10.6 Å². The number of aromatic nitrogens is 2. The van der Waals surface area contributed by atoms with Crippen molar-refractivity contribution in [1.29, 1.82) is 0 Å². The molecule has 3 nitrogen and oxygen atoms in total. The minimum atomic E-state index is -4.11. The molecule has 0 aliphatic carbocycles. The molecular weight excluding hydrogens is 263 g/mol. The lowest BCUT2D eigenvalue weighted by molar-refractivity contribution is -0.136. The molecule has 0 bridgehead atoms. The number of nitrogens with one attached hydrogen (secondary N) is 1. The summed E-state index contributed by atoms with van der Waals surface area (Å²) in [5.41, 5.74) is 0.802. The van der Waals surface area contributed by atoms with Gasteiger partial charge in [0.2, 0.25) is 0 Å². The van der Waals surface area contributed by atoms with E-state index in [2.05, 4.69) is 14.9 Å². The molecule has 0 aliphatic heterocycles. The molecule has 7 heteroatoms. The van der Waals surface area contributed by atoms with E-state index in [1.54, 1.807) is 0 Å². The fourth-order valence-corrected chi connectivity index (χ4v) is 2.52. The van der Waals surface area contributed by atoms with Crippen LogP contribution in [-0.2, 0) is 6.42 Å². The number of nitrogens with zero attached hydrogens (tertiary/aromatic N) is 2. The summed E-state index contributed by atoms with van der Waals surface area (Å²) >= 11 is 1.19. The van der Waals surface area contributed by atoms with Gasteiger partial charge in [0.1, 0.15) is 0 Å². The van der Waals surface area contributed by atoms with Gasteiger partial charge < -0.3 is 5.32 Å². The van der Waals surface area contributed by atoms with Crippen LogP contribution in [0.4, 0.5) is 13.2 Å². The smallest absolute Gasteiger partial charge is 0.309 e. The molecule has 0 saturated heterocycles. The zero-order valence-corrected chi connectivity index (χ0v) is 11.4. The van der Waals surface area contributed by atoms with Crippen LogP contribution in [0.25, 0.3) is 0 Å². The molecule has 0 saturated carbocycles. The summed E-state index contributed by atoms with van der Waals surface area (Å²) in [6.45, 7) is 4.62. The Morgan fingerprint density at radius 2 is 2.06 bits per heavy atom. The Kier molecular flexibility index (Phi) is 6.01. The normalized spacial score (nSPS) is 13.8. The molecule has 1 rings (SSSR count). The van der Waals surface area contributed by atoms with Gasteiger partial charge in [0.15, 0.2) is 0 Å². The van der Waals surface area contributed by atoms with E-state index in [1.807, 2.05) is 13.8 Å². The molecule has 0 aromatic carbocycles. The summed E-state index contributed by atoms with van der Waals surface area (Å²) in [7, 11) is 0. The van der Waals surface area contributed by atoms with E-state index in [4.69, 9.17) is 0 Å². The van der Waals surface area contributed by atoms with E-state index < -0.39 is 12.6 Å². The minimum absolute atomic E-state index is 0.0420. The summed E-state index contributed by atoms with van der Waals surface area (Å²) in [5.74, 6) is 0. The van der Waals surface area contributed by atoms with Crippen LogP contribution in [0, 0.1) is 0 Å². The lowest BCUT2D eigenvalue weighted by Gasteiger charge is -2.18. The third kappa shape index (κ3) is 4.89. The van der Waals surface area contributed by atoms with Crippen LogP contribution in [0.15, 0.2) is 0 Å². The Labute approximate surface area is 109 Å². The van der Waals surface area contributed by atoms with Crippen molar-refractivity contribution in [2.45, 2.75) is 51.7 Å². The molecule has 18 heavy (non-hydrogen) atoms. The number of alkyl halides is 3. The van der Waals surface area contributed by atoms with Crippen LogP contribution in [-0.4, -0.2) is 22.3 Å². The second kappa shape index (κ2) is 7.04. The van der Waals surface area contributed by atoms with E-state index in [9.17, 15) is 13.2 Å². The van der Waals surface area contributed by atoms with E-state index in [-0.39, 0.29) is 12.5 Å². The molecule has 0 aliphatic rings. The Bertz CT molecular complexity index is 352. The van der Waals surface area contributed by atoms with Gasteiger partial charge in [-0.05, 0) is 37.3 Å². The van der Waals surface area contributed by atoms with Crippen molar-refractivity contribution in [3.63, 3.8) is 0 Å². The second-order valence-corrected chi connectivity index (χ2v) is 4.88. The van der Waals surface area contributed by atoms with Gasteiger partial charge in [-0.15, -0.1) is 5.10 Å². The maximum absolute atomic E-state index is 12.3. The van der Waals surface area contributed by atoms with Gasteiger partial charge in [-0.25, -0.2) is 0 Å².